The normalized spacial score (nSPS) is 11.7. The lowest BCUT2D eigenvalue weighted by atomic mass is 10.1. The zero-order valence-electron chi connectivity index (χ0n) is 11.0. The standard InChI is InChI=1S/C12H16N4O3S/c1-20(18,19)15-7-3-6-13-12(17)10-5-2-4-9-8-14-16-11(9)10/h2,4-5,8,15H,3,6-7H2,1H3,(H,13,17)(H,14,16). The van der Waals surface area contributed by atoms with Crippen molar-refractivity contribution in [2.75, 3.05) is 19.3 Å². The third-order valence-corrected chi connectivity index (χ3v) is 3.45. The van der Waals surface area contributed by atoms with E-state index >= 15 is 0 Å². The predicted octanol–water partition coefficient (Wildman–Crippen LogP) is 0.232. The fourth-order valence-electron chi connectivity index (χ4n) is 1.80. The van der Waals surface area contributed by atoms with Crippen LogP contribution in [0.4, 0.5) is 0 Å². The summed E-state index contributed by atoms with van der Waals surface area (Å²) >= 11 is 0. The molecule has 0 radical (unpaired) electrons. The van der Waals surface area contributed by atoms with Crippen molar-refractivity contribution in [3.05, 3.63) is 30.0 Å². The van der Waals surface area contributed by atoms with E-state index in [9.17, 15) is 13.2 Å². The summed E-state index contributed by atoms with van der Waals surface area (Å²) in [5, 5.41) is 10.3. The third kappa shape index (κ3) is 3.78. The zero-order valence-corrected chi connectivity index (χ0v) is 11.8. The van der Waals surface area contributed by atoms with Crippen LogP contribution in [0.2, 0.25) is 0 Å². The molecule has 1 aromatic carbocycles. The molecule has 0 atom stereocenters. The number of sulfonamides is 1. The van der Waals surface area contributed by atoms with Crippen LogP contribution in [0.25, 0.3) is 10.9 Å². The van der Waals surface area contributed by atoms with Crippen molar-refractivity contribution in [2.24, 2.45) is 0 Å². The molecule has 0 spiro atoms. The van der Waals surface area contributed by atoms with Gasteiger partial charge >= 0.3 is 0 Å². The number of carbonyl (C=O) groups excluding carboxylic acids is 1. The molecular formula is C12H16N4O3S. The first-order valence-electron chi connectivity index (χ1n) is 6.12. The first kappa shape index (κ1) is 14.5. The van der Waals surface area contributed by atoms with E-state index in [2.05, 4.69) is 20.2 Å². The number of fused-ring (bicyclic) bond motifs is 1. The summed E-state index contributed by atoms with van der Waals surface area (Å²) in [6.45, 7) is 0.694. The number of amides is 1. The minimum atomic E-state index is -3.17. The molecule has 0 aliphatic rings. The van der Waals surface area contributed by atoms with Gasteiger partial charge in [0.1, 0.15) is 0 Å². The van der Waals surface area contributed by atoms with Crippen LogP contribution >= 0.6 is 0 Å². The van der Waals surface area contributed by atoms with Gasteiger partial charge in [0.2, 0.25) is 10.0 Å². The van der Waals surface area contributed by atoms with Crippen LogP contribution in [-0.2, 0) is 10.0 Å². The lowest BCUT2D eigenvalue weighted by molar-refractivity contribution is 0.0955. The molecular weight excluding hydrogens is 280 g/mol. The second-order valence-electron chi connectivity index (χ2n) is 4.42. The summed E-state index contributed by atoms with van der Waals surface area (Å²) in [6.07, 6.45) is 3.28. The number of aromatic amines is 1. The fourth-order valence-corrected chi connectivity index (χ4v) is 2.32. The Labute approximate surface area is 116 Å². The van der Waals surface area contributed by atoms with Gasteiger partial charge in [-0.15, -0.1) is 0 Å². The molecule has 0 fully saturated rings. The van der Waals surface area contributed by atoms with Crippen molar-refractivity contribution in [3.63, 3.8) is 0 Å². The highest BCUT2D eigenvalue weighted by Crippen LogP contribution is 2.15. The molecule has 1 aromatic heterocycles. The lowest BCUT2D eigenvalue weighted by Crippen LogP contribution is -2.29. The maximum absolute atomic E-state index is 12.0. The van der Waals surface area contributed by atoms with E-state index in [1.54, 1.807) is 18.3 Å². The fraction of sp³-hybridized carbons (Fsp3) is 0.333. The van der Waals surface area contributed by atoms with E-state index in [0.717, 1.165) is 11.6 Å². The van der Waals surface area contributed by atoms with E-state index in [4.69, 9.17) is 0 Å². The van der Waals surface area contributed by atoms with Gasteiger partial charge in [0.05, 0.1) is 23.5 Å². The molecule has 0 unspecified atom stereocenters. The average molecular weight is 296 g/mol. The van der Waals surface area contributed by atoms with Gasteiger partial charge in [-0.25, -0.2) is 13.1 Å². The Morgan fingerprint density at radius 2 is 2.15 bits per heavy atom. The maximum Gasteiger partial charge on any atom is 0.253 e. The lowest BCUT2D eigenvalue weighted by Gasteiger charge is -2.06. The first-order chi connectivity index (χ1) is 9.47. The summed E-state index contributed by atoms with van der Waals surface area (Å²) in [5.74, 6) is -0.209. The molecule has 20 heavy (non-hydrogen) atoms. The van der Waals surface area contributed by atoms with Crippen LogP contribution < -0.4 is 10.0 Å². The van der Waals surface area contributed by atoms with Crippen molar-refractivity contribution in [3.8, 4) is 0 Å². The molecule has 7 nitrogen and oxygen atoms in total. The maximum atomic E-state index is 12.0. The van der Waals surface area contributed by atoms with E-state index < -0.39 is 10.0 Å². The highest BCUT2D eigenvalue weighted by Gasteiger charge is 2.10. The minimum absolute atomic E-state index is 0.209. The Morgan fingerprint density at radius 1 is 1.35 bits per heavy atom. The van der Waals surface area contributed by atoms with Crippen molar-refractivity contribution in [2.45, 2.75) is 6.42 Å². The van der Waals surface area contributed by atoms with Crippen LogP contribution in [0.3, 0.4) is 0 Å². The zero-order chi connectivity index (χ0) is 14.6. The molecule has 0 saturated heterocycles. The predicted molar refractivity (Wildman–Crippen MR) is 75.9 cm³/mol. The molecule has 8 heteroatoms. The number of hydrogen-bond donors (Lipinski definition) is 3. The quantitative estimate of drug-likeness (QED) is 0.664. The second-order valence-corrected chi connectivity index (χ2v) is 6.25. The molecule has 3 N–H and O–H groups in total. The molecule has 0 bridgehead atoms. The van der Waals surface area contributed by atoms with Gasteiger partial charge in [-0.3, -0.25) is 9.89 Å². The van der Waals surface area contributed by atoms with Gasteiger partial charge in [0.15, 0.2) is 0 Å². The SMILES string of the molecule is CS(=O)(=O)NCCCNC(=O)c1cccc2cn[nH]c12. The van der Waals surface area contributed by atoms with Crippen molar-refractivity contribution < 1.29 is 13.2 Å². The van der Waals surface area contributed by atoms with Gasteiger partial charge in [-0.05, 0) is 12.5 Å². The van der Waals surface area contributed by atoms with E-state index in [0.29, 0.717) is 30.6 Å². The summed E-state index contributed by atoms with van der Waals surface area (Å²) in [6, 6.07) is 5.37. The molecule has 108 valence electrons. The molecule has 1 amide bonds. The molecule has 2 aromatic rings. The van der Waals surface area contributed by atoms with Crippen molar-refractivity contribution >= 4 is 26.8 Å². The van der Waals surface area contributed by atoms with E-state index in [-0.39, 0.29) is 5.91 Å². The van der Waals surface area contributed by atoms with Gasteiger partial charge < -0.3 is 5.32 Å². The van der Waals surface area contributed by atoms with Gasteiger partial charge in [0, 0.05) is 18.5 Å². The smallest absolute Gasteiger partial charge is 0.253 e. The summed E-state index contributed by atoms with van der Waals surface area (Å²) in [4.78, 5) is 12.0. The highest BCUT2D eigenvalue weighted by molar-refractivity contribution is 7.88. The number of hydrogen-bond acceptors (Lipinski definition) is 4. The van der Waals surface area contributed by atoms with Gasteiger partial charge in [-0.2, -0.15) is 5.10 Å². The Morgan fingerprint density at radius 3 is 2.90 bits per heavy atom. The number of H-pyrrole nitrogens is 1. The monoisotopic (exact) mass is 296 g/mol. The van der Waals surface area contributed by atoms with Crippen molar-refractivity contribution in [1.29, 1.82) is 0 Å². The van der Waals surface area contributed by atoms with Crippen LogP contribution in [-0.4, -0.2) is 43.9 Å². The van der Waals surface area contributed by atoms with Crippen LogP contribution in [0.1, 0.15) is 16.8 Å². The number of nitrogens with one attached hydrogen (secondary N) is 3. The Balaban J connectivity index is 1.88. The van der Waals surface area contributed by atoms with Gasteiger partial charge in [-0.1, -0.05) is 12.1 Å². The second kappa shape index (κ2) is 6.02. The molecule has 2 rings (SSSR count). The van der Waals surface area contributed by atoms with E-state index in [1.807, 2.05) is 6.07 Å². The number of rotatable bonds is 6. The third-order valence-electron chi connectivity index (χ3n) is 2.72. The topological polar surface area (TPSA) is 104 Å². The molecule has 0 saturated carbocycles. The molecule has 0 aliphatic carbocycles. The summed E-state index contributed by atoms with van der Waals surface area (Å²) in [7, 11) is -3.17. The Hall–Kier alpha value is -1.93. The van der Waals surface area contributed by atoms with E-state index in [1.165, 1.54) is 0 Å². The Bertz CT molecular complexity index is 708. The highest BCUT2D eigenvalue weighted by atomic mass is 32.2. The molecule has 0 aliphatic heterocycles. The number of benzene rings is 1. The van der Waals surface area contributed by atoms with Crippen LogP contribution in [0.5, 0.6) is 0 Å². The number of para-hydroxylation sites is 1. The largest absolute Gasteiger partial charge is 0.352 e. The van der Waals surface area contributed by atoms with Gasteiger partial charge in [0.25, 0.3) is 5.91 Å². The first-order valence-corrected chi connectivity index (χ1v) is 8.01. The number of carbonyl (C=O) groups is 1. The minimum Gasteiger partial charge on any atom is -0.352 e. The van der Waals surface area contributed by atoms with Crippen LogP contribution in [0.15, 0.2) is 24.4 Å². The summed E-state index contributed by atoms with van der Waals surface area (Å²) < 4.78 is 24.1. The summed E-state index contributed by atoms with van der Waals surface area (Å²) in [5.41, 5.74) is 1.22. The van der Waals surface area contributed by atoms with Crippen molar-refractivity contribution in [1.82, 2.24) is 20.2 Å². The number of aromatic nitrogens is 2. The molecule has 1 heterocycles. The Kier molecular flexibility index (Phi) is 4.35. The average Bonchev–Trinajstić information content (AvgIpc) is 2.84. The van der Waals surface area contributed by atoms with Crippen LogP contribution in [0, 0.1) is 0 Å². The number of nitrogens with zero attached hydrogens (tertiary/aromatic N) is 1.